The molecule has 2 N–H and O–H groups in total. The summed E-state index contributed by atoms with van der Waals surface area (Å²) in [5, 5.41) is 12.3. The minimum atomic E-state index is -0.0663. The van der Waals surface area contributed by atoms with Crippen molar-refractivity contribution in [3.63, 3.8) is 0 Å². The number of rotatable bonds is 3. The summed E-state index contributed by atoms with van der Waals surface area (Å²) < 4.78 is 2.85. The highest BCUT2D eigenvalue weighted by atomic mass is 127. The first kappa shape index (κ1) is 12.1. The van der Waals surface area contributed by atoms with Gasteiger partial charge in [-0.05, 0) is 34.0 Å². The standard InChI is InChI=1S/C11H11IN4OS/c12-8-2-4-18-10(8)11(17)15-9-1-3-14-16(9)7-5-13-6-7/h1-4,7,13H,5-6H2,(H,15,17). The second-order valence-electron chi connectivity index (χ2n) is 4.02. The van der Waals surface area contributed by atoms with Crippen molar-refractivity contribution in [2.75, 3.05) is 18.4 Å². The first-order valence-corrected chi connectivity index (χ1v) is 7.50. The van der Waals surface area contributed by atoms with Crippen LogP contribution in [0.4, 0.5) is 5.82 Å². The van der Waals surface area contributed by atoms with Crippen molar-refractivity contribution >= 4 is 45.7 Å². The Kier molecular flexibility index (Phi) is 3.35. The number of amides is 1. The SMILES string of the molecule is O=C(Nc1ccnn1C1CNC1)c1sccc1I. The molecule has 1 aliphatic rings. The van der Waals surface area contributed by atoms with Crippen LogP contribution in [0.25, 0.3) is 0 Å². The largest absolute Gasteiger partial charge is 0.312 e. The summed E-state index contributed by atoms with van der Waals surface area (Å²) in [5.74, 6) is 0.694. The molecule has 0 saturated carbocycles. The Bertz CT molecular complexity index is 575. The van der Waals surface area contributed by atoms with E-state index in [9.17, 15) is 4.79 Å². The van der Waals surface area contributed by atoms with E-state index in [4.69, 9.17) is 0 Å². The third-order valence-corrected chi connectivity index (χ3v) is 5.02. The summed E-state index contributed by atoms with van der Waals surface area (Å²) in [5.41, 5.74) is 0. The van der Waals surface area contributed by atoms with Crippen LogP contribution in [0.15, 0.2) is 23.7 Å². The summed E-state index contributed by atoms with van der Waals surface area (Å²) >= 11 is 3.62. The van der Waals surface area contributed by atoms with Gasteiger partial charge in [0.1, 0.15) is 10.7 Å². The number of carbonyl (C=O) groups is 1. The average Bonchev–Trinajstić information content (AvgIpc) is 2.86. The lowest BCUT2D eigenvalue weighted by Gasteiger charge is -2.28. The number of carbonyl (C=O) groups excluding carboxylic acids is 1. The molecule has 2 aromatic heterocycles. The van der Waals surface area contributed by atoms with E-state index < -0.39 is 0 Å². The summed E-state index contributed by atoms with van der Waals surface area (Å²) in [7, 11) is 0. The molecule has 3 heterocycles. The highest BCUT2D eigenvalue weighted by Crippen LogP contribution is 2.22. The average molecular weight is 374 g/mol. The second-order valence-corrected chi connectivity index (χ2v) is 6.10. The Morgan fingerprint density at radius 2 is 2.39 bits per heavy atom. The fraction of sp³-hybridized carbons (Fsp3) is 0.273. The lowest BCUT2D eigenvalue weighted by Crippen LogP contribution is -2.44. The Hall–Kier alpha value is -0.930. The first-order valence-electron chi connectivity index (χ1n) is 5.54. The molecule has 1 saturated heterocycles. The molecule has 0 bridgehead atoms. The highest BCUT2D eigenvalue weighted by molar-refractivity contribution is 14.1. The molecule has 18 heavy (non-hydrogen) atoms. The van der Waals surface area contributed by atoms with Gasteiger partial charge in [0.05, 0.1) is 12.2 Å². The zero-order chi connectivity index (χ0) is 12.5. The van der Waals surface area contributed by atoms with E-state index in [2.05, 4.69) is 38.3 Å². The van der Waals surface area contributed by atoms with E-state index in [1.165, 1.54) is 11.3 Å². The van der Waals surface area contributed by atoms with Crippen molar-refractivity contribution in [1.82, 2.24) is 15.1 Å². The van der Waals surface area contributed by atoms with Crippen molar-refractivity contribution < 1.29 is 4.79 Å². The van der Waals surface area contributed by atoms with Crippen LogP contribution in [0, 0.1) is 3.57 Å². The van der Waals surface area contributed by atoms with Gasteiger partial charge in [-0.3, -0.25) is 4.79 Å². The molecule has 1 aliphatic heterocycles. The van der Waals surface area contributed by atoms with Gasteiger partial charge >= 0.3 is 0 Å². The molecular formula is C11H11IN4OS. The Morgan fingerprint density at radius 1 is 1.56 bits per heavy atom. The van der Waals surface area contributed by atoms with Crippen LogP contribution >= 0.6 is 33.9 Å². The van der Waals surface area contributed by atoms with Gasteiger partial charge in [0.25, 0.3) is 5.91 Å². The second kappa shape index (κ2) is 4.98. The summed E-state index contributed by atoms with van der Waals surface area (Å²) in [6, 6.07) is 4.11. The van der Waals surface area contributed by atoms with Crippen LogP contribution in [-0.4, -0.2) is 28.8 Å². The predicted octanol–water partition coefficient (Wildman–Crippen LogP) is 1.95. The Morgan fingerprint density at radius 3 is 3.00 bits per heavy atom. The number of halogens is 1. The van der Waals surface area contributed by atoms with Crippen molar-refractivity contribution in [1.29, 1.82) is 0 Å². The van der Waals surface area contributed by atoms with Gasteiger partial charge in [0.15, 0.2) is 0 Å². The lowest BCUT2D eigenvalue weighted by molar-refractivity contribution is 0.102. The molecule has 7 heteroatoms. The van der Waals surface area contributed by atoms with E-state index in [1.54, 1.807) is 6.20 Å². The monoisotopic (exact) mass is 374 g/mol. The molecule has 0 radical (unpaired) electrons. The van der Waals surface area contributed by atoms with Crippen LogP contribution in [0.5, 0.6) is 0 Å². The van der Waals surface area contributed by atoms with E-state index >= 15 is 0 Å². The van der Waals surface area contributed by atoms with E-state index in [0.717, 1.165) is 27.4 Å². The van der Waals surface area contributed by atoms with Gasteiger partial charge < -0.3 is 10.6 Å². The summed E-state index contributed by atoms with van der Waals surface area (Å²) in [6.45, 7) is 1.81. The van der Waals surface area contributed by atoms with Gasteiger partial charge in [0.2, 0.25) is 0 Å². The number of aromatic nitrogens is 2. The molecule has 0 aliphatic carbocycles. The third-order valence-electron chi connectivity index (χ3n) is 2.84. The third kappa shape index (κ3) is 2.17. The predicted molar refractivity (Wildman–Crippen MR) is 79.1 cm³/mol. The van der Waals surface area contributed by atoms with Crippen LogP contribution < -0.4 is 10.6 Å². The number of nitrogens with zero attached hydrogens (tertiary/aromatic N) is 2. The zero-order valence-electron chi connectivity index (χ0n) is 9.39. The Labute approximate surface area is 122 Å². The Balaban J connectivity index is 1.78. The lowest BCUT2D eigenvalue weighted by atomic mass is 10.2. The molecule has 0 unspecified atom stereocenters. The number of thiophene rings is 1. The molecule has 5 nitrogen and oxygen atoms in total. The number of anilines is 1. The maximum Gasteiger partial charge on any atom is 0.267 e. The van der Waals surface area contributed by atoms with Crippen LogP contribution in [-0.2, 0) is 0 Å². The van der Waals surface area contributed by atoms with Gasteiger partial charge in [-0.1, -0.05) is 0 Å². The minimum absolute atomic E-state index is 0.0663. The first-order chi connectivity index (χ1) is 8.75. The van der Waals surface area contributed by atoms with Crippen LogP contribution in [0.3, 0.4) is 0 Å². The quantitative estimate of drug-likeness (QED) is 0.808. The number of hydrogen-bond acceptors (Lipinski definition) is 4. The van der Waals surface area contributed by atoms with Crippen LogP contribution in [0.1, 0.15) is 15.7 Å². The highest BCUT2D eigenvalue weighted by Gasteiger charge is 2.22. The zero-order valence-corrected chi connectivity index (χ0v) is 12.4. The topological polar surface area (TPSA) is 59.0 Å². The maximum atomic E-state index is 12.1. The normalized spacial score (nSPS) is 15.4. The molecule has 2 aromatic rings. The van der Waals surface area contributed by atoms with Gasteiger partial charge in [0, 0.05) is 22.7 Å². The number of hydrogen-bond donors (Lipinski definition) is 2. The van der Waals surface area contributed by atoms with Crippen molar-refractivity contribution in [3.8, 4) is 0 Å². The molecule has 0 aromatic carbocycles. The molecule has 0 atom stereocenters. The fourth-order valence-electron chi connectivity index (χ4n) is 1.78. The number of nitrogens with one attached hydrogen (secondary N) is 2. The van der Waals surface area contributed by atoms with Crippen molar-refractivity contribution in [3.05, 3.63) is 32.2 Å². The van der Waals surface area contributed by atoms with Gasteiger partial charge in [-0.25, -0.2) is 4.68 Å². The van der Waals surface area contributed by atoms with Gasteiger partial charge in [-0.2, -0.15) is 5.10 Å². The summed E-state index contributed by atoms with van der Waals surface area (Å²) in [4.78, 5) is 12.9. The smallest absolute Gasteiger partial charge is 0.267 e. The molecule has 1 fully saturated rings. The van der Waals surface area contributed by atoms with E-state index in [-0.39, 0.29) is 5.91 Å². The maximum absolute atomic E-state index is 12.1. The van der Waals surface area contributed by atoms with E-state index in [1.807, 2.05) is 22.2 Å². The minimum Gasteiger partial charge on any atom is -0.312 e. The molecule has 1 amide bonds. The fourth-order valence-corrected chi connectivity index (χ4v) is 3.51. The summed E-state index contributed by atoms with van der Waals surface area (Å²) in [6.07, 6.45) is 1.72. The van der Waals surface area contributed by atoms with Crippen molar-refractivity contribution in [2.24, 2.45) is 0 Å². The van der Waals surface area contributed by atoms with Gasteiger partial charge in [-0.15, -0.1) is 11.3 Å². The molecule has 94 valence electrons. The van der Waals surface area contributed by atoms with E-state index in [0.29, 0.717) is 6.04 Å². The molecule has 0 spiro atoms. The molecular weight excluding hydrogens is 363 g/mol. The molecule has 3 rings (SSSR count). The van der Waals surface area contributed by atoms with Crippen LogP contribution in [0.2, 0.25) is 0 Å². The van der Waals surface area contributed by atoms with Crippen molar-refractivity contribution in [2.45, 2.75) is 6.04 Å².